The van der Waals surface area contributed by atoms with Crippen LogP contribution in [0.1, 0.15) is 12.5 Å². The molecule has 2 aliphatic heterocycles. The molecule has 1 N–H and O–H groups in total. The Labute approximate surface area is 241 Å². The van der Waals surface area contributed by atoms with Crippen LogP contribution in [-0.4, -0.2) is 60.5 Å². The van der Waals surface area contributed by atoms with Gasteiger partial charge in [-0.05, 0) is 66.7 Å². The van der Waals surface area contributed by atoms with Crippen LogP contribution in [0.3, 0.4) is 0 Å². The third kappa shape index (κ3) is 6.87. The number of hydrogen-bond donors (Lipinski definition) is 1. The first-order chi connectivity index (χ1) is 20.0. The summed E-state index contributed by atoms with van der Waals surface area (Å²) in [6.07, 6.45) is 1.60. The molecule has 0 spiro atoms. The first-order valence-electron chi connectivity index (χ1n) is 12.9. The summed E-state index contributed by atoms with van der Waals surface area (Å²) in [6.45, 7) is 3.11. The number of hydrazone groups is 1. The van der Waals surface area contributed by atoms with Gasteiger partial charge >= 0.3 is 0 Å². The van der Waals surface area contributed by atoms with E-state index in [0.717, 1.165) is 0 Å². The van der Waals surface area contributed by atoms with Crippen molar-refractivity contribution in [1.29, 1.82) is 5.41 Å². The van der Waals surface area contributed by atoms with Crippen molar-refractivity contribution in [1.82, 2.24) is 5.01 Å². The van der Waals surface area contributed by atoms with E-state index in [1.165, 1.54) is 16.8 Å². The van der Waals surface area contributed by atoms with Crippen LogP contribution in [0, 0.1) is 5.41 Å². The zero-order valence-electron chi connectivity index (χ0n) is 22.5. The highest BCUT2D eigenvalue weighted by molar-refractivity contribution is 8.27. The molecule has 210 valence electrons. The monoisotopic (exact) mass is 572 g/mol. The molecule has 0 saturated heterocycles. The molecule has 2 heterocycles. The molecule has 0 saturated carbocycles. The fourth-order valence-electron chi connectivity index (χ4n) is 3.92. The Morgan fingerprint density at radius 3 is 2.46 bits per heavy atom. The van der Waals surface area contributed by atoms with Gasteiger partial charge in [-0.25, -0.2) is 0 Å². The number of fused-ring (bicyclic) bond motifs is 1. The third-order valence-electron chi connectivity index (χ3n) is 5.83. The number of para-hydroxylation sites is 1. The number of nitrogens with zero attached hydrogens (tertiary/aromatic N) is 3. The highest BCUT2D eigenvalue weighted by Gasteiger charge is 2.35. The van der Waals surface area contributed by atoms with Gasteiger partial charge in [0.1, 0.15) is 42.1 Å². The lowest BCUT2D eigenvalue weighted by molar-refractivity contribution is -0.114. The number of carbonyl (C=O) groups is 1. The van der Waals surface area contributed by atoms with Crippen LogP contribution >= 0.6 is 11.8 Å². The van der Waals surface area contributed by atoms with E-state index < -0.39 is 5.91 Å². The summed E-state index contributed by atoms with van der Waals surface area (Å²) in [5, 5.41) is 15.4. The molecule has 1 amide bonds. The maximum atomic E-state index is 12.9. The standard InChI is InChI=1S/C30H28N4O6S/c1-3-37-26-17-20(12-13-25(26)39-15-14-38-23-11-7-10-22(18-23)36-2)16-24-28(31)34-30(32-29(24)35)41-27(33-34)19-40-21-8-5-4-6-9-21/h4-13,16-18,31H,3,14-15,19H2,1-2H3/b24-16-,31-28?. The maximum absolute atomic E-state index is 12.9. The number of amides is 1. The minimum absolute atomic E-state index is 0.0600. The molecule has 0 fully saturated rings. The van der Waals surface area contributed by atoms with E-state index >= 15 is 0 Å². The highest BCUT2D eigenvalue weighted by Crippen LogP contribution is 2.32. The molecule has 3 aromatic carbocycles. The summed E-state index contributed by atoms with van der Waals surface area (Å²) in [6, 6.07) is 22.0. The first kappa shape index (κ1) is 27.8. The topological polar surface area (TPSA) is 115 Å². The summed E-state index contributed by atoms with van der Waals surface area (Å²) in [7, 11) is 1.60. The van der Waals surface area contributed by atoms with Crippen molar-refractivity contribution in [2.45, 2.75) is 6.92 Å². The second-order valence-corrected chi connectivity index (χ2v) is 9.67. The minimum atomic E-state index is -0.512. The van der Waals surface area contributed by atoms with Gasteiger partial charge in [0.2, 0.25) is 5.17 Å². The number of carbonyl (C=O) groups excluding carboxylic acids is 1. The van der Waals surface area contributed by atoms with Crippen LogP contribution in [0.5, 0.6) is 28.7 Å². The number of methoxy groups -OCH3 is 1. The van der Waals surface area contributed by atoms with Crippen molar-refractivity contribution >= 4 is 39.8 Å². The zero-order valence-corrected chi connectivity index (χ0v) is 23.3. The second-order valence-electron chi connectivity index (χ2n) is 8.63. The molecule has 5 rings (SSSR count). The molecule has 3 aromatic rings. The van der Waals surface area contributed by atoms with Crippen LogP contribution < -0.4 is 23.7 Å². The third-order valence-corrected chi connectivity index (χ3v) is 6.71. The fourth-order valence-corrected chi connectivity index (χ4v) is 4.72. The van der Waals surface area contributed by atoms with E-state index in [1.54, 1.807) is 37.5 Å². The SMILES string of the molecule is CCOc1cc(/C=C2/C(=N)N3N=C(COc4ccccc4)SC3=NC2=O)ccc1OCCOc1cccc(OC)c1. The molecule has 0 radical (unpaired) electrons. The predicted octanol–water partition coefficient (Wildman–Crippen LogP) is 5.25. The summed E-state index contributed by atoms with van der Waals surface area (Å²) in [5.41, 5.74) is 0.773. The molecule has 10 nitrogen and oxygen atoms in total. The fraction of sp³-hybridized carbons (Fsp3) is 0.200. The molecule has 0 atom stereocenters. The van der Waals surface area contributed by atoms with Crippen molar-refractivity contribution in [2.75, 3.05) is 33.5 Å². The second kappa shape index (κ2) is 13.1. The Bertz CT molecular complexity index is 1520. The molecule has 0 aromatic heterocycles. The van der Waals surface area contributed by atoms with E-state index in [4.69, 9.17) is 29.1 Å². The van der Waals surface area contributed by atoms with Crippen molar-refractivity contribution < 1.29 is 28.5 Å². The van der Waals surface area contributed by atoms with Crippen LogP contribution in [0.15, 0.2) is 88.5 Å². The number of ether oxygens (including phenoxy) is 5. The molecular formula is C30H28N4O6S. The Balaban J connectivity index is 1.24. The lowest BCUT2D eigenvalue weighted by atomic mass is 10.1. The van der Waals surface area contributed by atoms with E-state index in [1.807, 2.05) is 55.5 Å². The molecule has 0 bridgehead atoms. The summed E-state index contributed by atoms with van der Waals surface area (Å²) in [5.74, 6) is 2.58. The lowest BCUT2D eigenvalue weighted by Gasteiger charge is -2.20. The van der Waals surface area contributed by atoms with Crippen LogP contribution in [0.4, 0.5) is 0 Å². The van der Waals surface area contributed by atoms with Crippen molar-refractivity contribution in [3.63, 3.8) is 0 Å². The summed E-state index contributed by atoms with van der Waals surface area (Å²) >= 11 is 1.21. The number of amidine groups is 2. The Morgan fingerprint density at radius 2 is 1.66 bits per heavy atom. The van der Waals surface area contributed by atoms with Crippen molar-refractivity contribution in [3.8, 4) is 28.7 Å². The van der Waals surface area contributed by atoms with Crippen LogP contribution in [-0.2, 0) is 4.79 Å². The average Bonchev–Trinajstić information content (AvgIpc) is 3.41. The maximum Gasteiger partial charge on any atom is 0.283 e. The molecule has 41 heavy (non-hydrogen) atoms. The van der Waals surface area contributed by atoms with E-state index in [2.05, 4.69) is 10.1 Å². The van der Waals surface area contributed by atoms with Gasteiger partial charge in [0, 0.05) is 6.07 Å². The molecule has 11 heteroatoms. The normalized spacial score (nSPS) is 15.3. The van der Waals surface area contributed by atoms with Gasteiger partial charge in [-0.1, -0.05) is 30.3 Å². The Kier molecular flexibility index (Phi) is 8.85. The van der Waals surface area contributed by atoms with Gasteiger partial charge in [0.15, 0.2) is 17.3 Å². The number of thioether (sulfide) groups is 1. The smallest absolute Gasteiger partial charge is 0.283 e. The van der Waals surface area contributed by atoms with Gasteiger partial charge in [-0.15, -0.1) is 0 Å². The lowest BCUT2D eigenvalue weighted by Crippen LogP contribution is -2.35. The van der Waals surface area contributed by atoms with E-state index in [-0.39, 0.29) is 18.0 Å². The minimum Gasteiger partial charge on any atom is -0.497 e. The quantitative estimate of drug-likeness (QED) is 0.231. The Morgan fingerprint density at radius 1 is 0.878 bits per heavy atom. The van der Waals surface area contributed by atoms with Gasteiger partial charge in [0.05, 0.1) is 19.3 Å². The molecular weight excluding hydrogens is 544 g/mol. The van der Waals surface area contributed by atoms with Gasteiger partial charge in [0.25, 0.3) is 5.91 Å². The number of aliphatic imine (C=N–C) groups is 1. The van der Waals surface area contributed by atoms with Gasteiger partial charge in [-0.2, -0.15) is 15.1 Å². The van der Waals surface area contributed by atoms with Crippen LogP contribution in [0.25, 0.3) is 6.08 Å². The number of nitrogens with one attached hydrogen (secondary N) is 1. The zero-order chi connectivity index (χ0) is 28.6. The Hall–Kier alpha value is -4.77. The predicted molar refractivity (Wildman–Crippen MR) is 159 cm³/mol. The van der Waals surface area contributed by atoms with E-state index in [0.29, 0.717) is 64.3 Å². The van der Waals surface area contributed by atoms with Crippen molar-refractivity contribution in [2.24, 2.45) is 10.1 Å². The highest BCUT2D eigenvalue weighted by atomic mass is 32.2. The van der Waals surface area contributed by atoms with Gasteiger partial charge < -0.3 is 23.7 Å². The molecule has 0 unspecified atom stereocenters. The van der Waals surface area contributed by atoms with Gasteiger partial charge in [-0.3, -0.25) is 10.2 Å². The molecule has 2 aliphatic rings. The van der Waals surface area contributed by atoms with Crippen LogP contribution in [0.2, 0.25) is 0 Å². The summed E-state index contributed by atoms with van der Waals surface area (Å²) < 4.78 is 28.4. The molecule has 0 aliphatic carbocycles. The van der Waals surface area contributed by atoms with E-state index in [9.17, 15) is 4.79 Å². The first-order valence-corrected chi connectivity index (χ1v) is 13.7. The summed E-state index contributed by atoms with van der Waals surface area (Å²) in [4.78, 5) is 17.0. The number of hydrogen-bond acceptors (Lipinski definition) is 9. The van der Waals surface area contributed by atoms with Crippen molar-refractivity contribution in [3.05, 3.63) is 83.9 Å². The number of benzene rings is 3. The number of rotatable bonds is 12. The largest absolute Gasteiger partial charge is 0.497 e. The average molecular weight is 573 g/mol.